The molecule has 1 N–H and O–H groups in total. The third kappa shape index (κ3) is 2.76. The van der Waals surface area contributed by atoms with Crippen molar-refractivity contribution in [1.82, 2.24) is 0 Å². The molecule has 0 spiro atoms. The van der Waals surface area contributed by atoms with Crippen molar-refractivity contribution in [2.24, 2.45) is 0 Å². The van der Waals surface area contributed by atoms with Gasteiger partial charge in [-0.3, -0.25) is 0 Å². The summed E-state index contributed by atoms with van der Waals surface area (Å²) in [6.45, 7) is 8.92. The van der Waals surface area contributed by atoms with Crippen LogP contribution in [0.15, 0.2) is 18.2 Å². The molecule has 1 heterocycles. The van der Waals surface area contributed by atoms with Crippen LogP contribution in [0, 0.1) is 13.8 Å². The average Bonchev–Trinajstić information content (AvgIpc) is 2.77. The molecule has 1 aliphatic heterocycles. The zero-order valence-corrected chi connectivity index (χ0v) is 10.4. The Morgan fingerprint density at radius 1 is 1.19 bits per heavy atom. The second-order valence-electron chi connectivity index (χ2n) is 4.75. The predicted octanol–water partition coefficient (Wildman–Crippen LogP) is 1.36. The van der Waals surface area contributed by atoms with Gasteiger partial charge in [0, 0.05) is 12.8 Å². The van der Waals surface area contributed by atoms with Gasteiger partial charge in [-0.2, -0.15) is 0 Å². The van der Waals surface area contributed by atoms with Gasteiger partial charge < -0.3 is 9.64 Å². The van der Waals surface area contributed by atoms with Crippen LogP contribution in [-0.4, -0.2) is 26.2 Å². The van der Waals surface area contributed by atoms with E-state index in [9.17, 15) is 0 Å². The zero-order valence-electron chi connectivity index (χ0n) is 10.4. The van der Waals surface area contributed by atoms with Crippen molar-refractivity contribution in [2.45, 2.75) is 26.7 Å². The molecule has 0 bridgehead atoms. The van der Waals surface area contributed by atoms with Crippen LogP contribution in [-0.2, 0) is 0 Å². The summed E-state index contributed by atoms with van der Waals surface area (Å²) in [6.07, 6.45) is 2.78. The summed E-state index contributed by atoms with van der Waals surface area (Å²) in [5.41, 5.74) is 2.59. The largest absolute Gasteiger partial charge is 0.487 e. The summed E-state index contributed by atoms with van der Waals surface area (Å²) in [5, 5.41) is 0. The molecule has 0 amide bonds. The molecule has 0 aromatic heterocycles. The Hall–Kier alpha value is -1.02. The van der Waals surface area contributed by atoms with Crippen molar-refractivity contribution in [3.63, 3.8) is 0 Å². The summed E-state index contributed by atoms with van der Waals surface area (Å²) >= 11 is 0. The molecule has 1 saturated heterocycles. The van der Waals surface area contributed by atoms with E-state index in [1.807, 2.05) is 0 Å². The smallest absolute Gasteiger partial charge is 0.137 e. The molecule has 0 radical (unpaired) electrons. The summed E-state index contributed by atoms with van der Waals surface area (Å²) in [4.78, 5) is 1.70. The molecular weight excluding hydrogens is 198 g/mol. The molecule has 88 valence electrons. The van der Waals surface area contributed by atoms with Gasteiger partial charge in [-0.05, 0) is 31.0 Å². The fraction of sp³-hybridized carbons (Fsp3) is 0.571. The third-order valence-electron chi connectivity index (χ3n) is 3.58. The van der Waals surface area contributed by atoms with Crippen molar-refractivity contribution in [3.05, 3.63) is 29.3 Å². The highest BCUT2D eigenvalue weighted by molar-refractivity contribution is 5.38. The highest BCUT2D eigenvalue weighted by Gasteiger charge is 2.14. The maximum atomic E-state index is 5.86. The Morgan fingerprint density at radius 3 is 2.69 bits per heavy atom. The van der Waals surface area contributed by atoms with E-state index < -0.39 is 0 Å². The van der Waals surface area contributed by atoms with Crippen LogP contribution in [0.5, 0.6) is 5.75 Å². The van der Waals surface area contributed by atoms with Crippen molar-refractivity contribution in [1.29, 1.82) is 0 Å². The number of ether oxygens (including phenoxy) is 1. The highest BCUT2D eigenvalue weighted by Crippen LogP contribution is 2.20. The maximum absolute atomic E-state index is 5.86. The predicted molar refractivity (Wildman–Crippen MR) is 66.2 cm³/mol. The lowest BCUT2D eigenvalue weighted by atomic mass is 10.1. The Balaban J connectivity index is 1.82. The van der Waals surface area contributed by atoms with Gasteiger partial charge in [-0.1, -0.05) is 12.1 Å². The zero-order chi connectivity index (χ0) is 11.4. The summed E-state index contributed by atoms with van der Waals surface area (Å²) in [7, 11) is 0. The molecule has 0 atom stereocenters. The molecule has 1 aliphatic rings. The molecule has 16 heavy (non-hydrogen) atoms. The monoisotopic (exact) mass is 220 g/mol. The van der Waals surface area contributed by atoms with Crippen LogP contribution < -0.4 is 9.64 Å². The lowest BCUT2D eigenvalue weighted by Crippen LogP contribution is -3.10. The number of hydrogen-bond acceptors (Lipinski definition) is 1. The van der Waals surface area contributed by atoms with Gasteiger partial charge in [0.05, 0.1) is 13.1 Å². The average molecular weight is 220 g/mol. The lowest BCUT2D eigenvalue weighted by Gasteiger charge is -2.14. The first-order valence-corrected chi connectivity index (χ1v) is 6.30. The second-order valence-corrected chi connectivity index (χ2v) is 4.75. The Kier molecular flexibility index (Phi) is 3.83. The Bertz CT molecular complexity index is 343. The first-order chi connectivity index (χ1) is 7.77. The molecule has 0 unspecified atom stereocenters. The summed E-state index contributed by atoms with van der Waals surface area (Å²) in [6, 6.07) is 6.27. The van der Waals surface area contributed by atoms with E-state index in [4.69, 9.17) is 4.74 Å². The van der Waals surface area contributed by atoms with Crippen molar-refractivity contribution < 1.29 is 9.64 Å². The molecular formula is C14H22NO+. The Labute approximate surface area is 98.2 Å². The van der Waals surface area contributed by atoms with Crippen LogP contribution in [0.3, 0.4) is 0 Å². The van der Waals surface area contributed by atoms with E-state index in [0.29, 0.717) is 0 Å². The molecule has 2 heteroatoms. The molecule has 2 nitrogen and oxygen atoms in total. The number of hydrogen-bond donors (Lipinski definition) is 1. The van der Waals surface area contributed by atoms with E-state index in [0.717, 1.165) is 18.9 Å². The molecule has 0 saturated carbocycles. The van der Waals surface area contributed by atoms with E-state index in [1.54, 1.807) is 4.90 Å². The minimum Gasteiger partial charge on any atom is -0.487 e. The second kappa shape index (κ2) is 5.35. The fourth-order valence-electron chi connectivity index (χ4n) is 2.31. The molecule has 0 aliphatic carbocycles. The summed E-state index contributed by atoms with van der Waals surface area (Å²) < 4.78 is 5.86. The standard InChI is InChI=1S/C14H21NO/c1-12-6-5-7-14(13(12)2)16-11-10-15-8-3-4-9-15/h5-7H,3-4,8-11H2,1-2H3/p+1. The van der Waals surface area contributed by atoms with E-state index in [2.05, 4.69) is 32.0 Å². The first kappa shape index (κ1) is 11.5. The van der Waals surface area contributed by atoms with E-state index >= 15 is 0 Å². The molecule has 1 fully saturated rings. The fourth-order valence-corrected chi connectivity index (χ4v) is 2.31. The van der Waals surface area contributed by atoms with Crippen molar-refractivity contribution in [2.75, 3.05) is 26.2 Å². The number of likely N-dealkylation sites (tertiary alicyclic amines) is 1. The van der Waals surface area contributed by atoms with Crippen LogP contribution in [0.2, 0.25) is 0 Å². The van der Waals surface area contributed by atoms with Gasteiger partial charge in [0.15, 0.2) is 0 Å². The highest BCUT2D eigenvalue weighted by atomic mass is 16.5. The number of rotatable bonds is 4. The van der Waals surface area contributed by atoms with Gasteiger partial charge in [0.1, 0.15) is 18.9 Å². The Morgan fingerprint density at radius 2 is 1.94 bits per heavy atom. The number of benzene rings is 1. The molecule has 2 rings (SSSR count). The third-order valence-corrected chi connectivity index (χ3v) is 3.58. The lowest BCUT2D eigenvalue weighted by molar-refractivity contribution is -0.887. The van der Waals surface area contributed by atoms with Crippen LogP contribution in [0.1, 0.15) is 24.0 Å². The van der Waals surface area contributed by atoms with Gasteiger partial charge in [0.2, 0.25) is 0 Å². The molecule has 1 aromatic rings. The minimum atomic E-state index is 0.847. The quantitative estimate of drug-likeness (QED) is 0.809. The van der Waals surface area contributed by atoms with E-state index in [1.165, 1.54) is 37.1 Å². The van der Waals surface area contributed by atoms with Crippen LogP contribution >= 0.6 is 0 Å². The summed E-state index contributed by atoms with van der Waals surface area (Å²) in [5.74, 6) is 1.05. The number of nitrogens with one attached hydrogen (secondary N) is 1. The SMILES string of the molecule is Cc1cccc(OCC[NH+]2CCCC2)c1C. The van der Waals surface area contributed by atoms with Crippen LogP contribution in [0.25, 0.3) is 0 Å². The van der Waals surface area contributed by atoms with Crippen molar-refractivity contribution in [3.8, 4) is 5.75 Å². The first-order valence-electron chi connectivity index (χ1n) is 6.30. The van der Waals surface area contributed by atoms with Gasteiger partial charge in [-0.25, -0.2) is 0 Å². The number of aryl methyl sites for hydroxylation is 1. The normalized spacial score (nSPS) is 16.6. The maximum Gasteiger partial charge on any atom is 0.137 e. The van der Waals surface area contributed by atoms with E-state index in [-0.39, 0.29) is 0 Å². The van der Waals surface area contributed by atoms with Crippen molar-refractivity contribution >= 4 is 0 Å². The molecule has 1 aromatic carbocycles. The minimum absolute atomic E-state index is 0.847. The number of quaternary nitrogens is 1. The van der Waals surface area contributed by atoms with Gasteiger partial charge in [0.25, 0.3) is 0 Å². The van der Waals surface area contributed by atoms with Gasteiger partial charge >= 0.3 is 0 Å². The van der Waals surface area contributed by atoms with Gasteiger partial charge in [-0.15, -0.1) is 0 Å². The topological polar surface area (TPSA) is 13.7 Å². The van der Waals surface area contributed by atoms with Crippen LogP contribution in [0.4, 0.5) is 0 Å².